The molecule has 0 aromatic heterocycles. The first-order valence-electron chi connectivity index (χ1n) is 7.29. The standard InChI is InChI=1S/C16H20O8/c1-8-13(19)15(14(20)16(21)23-8)24-12(18)6-4-9-3-5-10(17)11(7-9)22-2/h3-8,13-17,19-21H,1-2H3/t8-,13-,14+,15+,16+/m0/s1. The summed E-state index contributed by atoms with van der Waals surface area (Å²) in [5, 5.41) is 38.7. The smallest absolute Gasteiger partial charge is 0.331 e. The predicted molar refractivity (Wildman–Crippen MR) is 82.1 cm³/mol. The van der Waals surface area contributed by atoms with Crippen LogP contribution in [0.4, 0.5) is 0 Å². The summed E-state index contributed by atoms with van der Waals surface area (Å²) < 4.78 is 14.9. The molecule has 5 atom stereocenters. The van der Waals surface area contributed by atoms with Crippen molar-refractivity contribution in [1.82, 2.24) is 0 Å². The Labute approximate surface area is 138 Å². The number of benzene rings is 1. The largest absolute Gasteiger partial charge is 0.504 e. The number of aromatic hydroxyl groups is 1. The van der Waals surface area contributed by atoms with E-state index in [2.05, 4.69) is 0 Å². The highest BCUT2D eigenvalue weighted by atomic mass is 16.6. The minimum Gasteiger partial charge on any atom is -0.504 e. The van der Waals surface area contributed by atoms with Crippen molar-refractivity contribution >= 4 is 12.0 Å². The zero-order valence-electron chi connectivity index (χ0n) is 13.2. The predicted octanol–water partition coefficient (Wildman–Crippen LogP) is -0.215. The van der Waals surface area contributed by atoms with Gasteiger partial charge >= 0.3 is 5.97 Å². The third kappa shape index (κ3) is 4.04. The van der Waals surface area contributed by atoms with Gasteiger partial charge in [-0.25, -0.2) is 4.79 Å². The summed E-state index contributed by atoms with van der Waals surface area (Å²) in [4.78, 5) is 11.9. The van der Waals surface area contributed by atoms with E-state index in [9.17, 15) is 25.2 Å². The average Bonchev–Trinajstić information content (AvgIpc) is 2.56. The summed E-state index contributed by atoms with van der Waals surface area (Å²) >= 11 is 0. The summed E-state index contributed by atoms with van der Waals surface area (Å²) in [5.74, 6) is -0.599. The van der Waals surface area contributed by atoms with Crippen molar-refractivity contribution in [2.24, 2.45) is 0 Å². The van der Waals surface area contributed by atoms with Crippen LogP contribution in [0.2, 0.25) is 0 Å². The van der Waals surface area contributed by atoms with Crippen molar-refractivity contribution in [2.45, 2.75) is 37.6 Å². The number of ether oxygens (including phenoxy) is 3. The molecule has 1 heterocycles. The molecule has 0 spiro atoms. The Morgan fingerprint density at radius 1 is 1.25 bits per heavy atom. The highest BCUT2D eigenvalue weighted by molar-refractivity contribution is 5.87. The van der Waals surface area contributed by atoms with Gasteiger partial charge in [-0.3, -0.25) is 0 Å². The zero-order chi connectivity index (χ0) is 17.9. The number of hydrogen-bond acceptors (Lipinski definition) is 8. The van der Waals surface area contributed by atoms with Crippen molar-refractivity contribution in [3.63, 3.8) is 0 Å². The molecule has 1 aliphatic rings. The maximum absolute atomic E-state index is 11.9. The monoisotopic (exact) mass is 340 g/mol. The Morgan fingerprint density at radius 2 is 1.96 bits per heavy atom. The molecule has 0 saturated carbocycles. The number of phenols is 1. The molecule has 24 heavy (non-hydrogen) atoms. The molecule has 0 amide bonds. The summed E-state index contributed by atoms with van der Waals surface area (Å²) in [6.07, 6.45) is -3.97. The Hall–Kier alpha value is -2.13. The topological polar surface area (TPSA) is 126 Å². The summed E-state index contributed by atoms with van der Waals surface area (Å²) in [6.45, 7) is 1.49. The van der Waals surface area contributed by atoms with Crippen molar-refractivity contribution < 1.29 is 39.4 Å². The van der Waals surface area contributed by atoms with Gasteiger partial charge in [0.2, 0.25) is 0 Å². The fraction of sp³-hybridized carbons (Fsp3) is 0.438. The van der Waals surface area contributed by atoms with E-state index >= 15 is 0 Å². The number of carbonyl (C=O) groups is 1. The molecule has 4 N–H and O–H groups in total. The second-order valence-electron chi connectivity index (χ2n) is 5.38. The number of hydrogen-bond donors (Lipinski definition) is 4. The number of aliphatic hydroxyl groups is 3. The van der Waals surface area contributed by atoms with Crippen LogP contribution in [0, 0.1) is 0 Å². The van der Waals surface area contributed by atoms with Gasteiger partial charge in [0.15, 0.2) is 23.9 Å². The molecule has 1 aromatic rings. The lowest BCUT2D eigenvalue weighted by Gasteiger charge is -2.38. The van der Waals surface area contributed by atoms with Gasteiger partial charge in [0.1, 0.15) is 12.2 Å². The number of phenolic OH excluding ortho intramolecular Hbond substituents is 1. The number of aliphatic hydroxyl groups excluding tert-OH is 3. The number of esters is 1. The molecule has 0 bridgehead atoms. The third-order valence-corrected chi connectivity index (χ3v) is 3.67. The number of carbonyl (C=O) groups excluding carboxylic acids is 1. The second kappa shape index (κ2) is 7.63. The SMILES string of the molecule is COc1cc(C=CC(=O)O[C@@H]2[C@@H](O)[C@H](C)O[C@@H](O)[C@@H]2O)ccc1O. The van der Waals surface area contributed by atoms with Crippen LogP contribution in [0.5, 0.6) is 11.5 Å². The molecule has 0 radical (unpaired) electrons. The van der Waals surface area contributed by atoms with Crippen LogP contribution < -0.4 is 4.74 Å². The number of rotatable bonds is 4. The normalized spacial score (nSPS) is 30.3. The molecule has 0 unspecified atom stereocenters. The maximum atomic E-state index is 11.9. The van der Waals surface area contributed by atoms with Crippen LogP contribution in [0.1, 0.15) is 12.5 Å². The van der Waals surface area contributed by atoms with E-state index < -0.39 is 36.7 Å². The van der Waals surface area contributed by atoms with Crippen molar-refractivity contribution in [3.8, 4) is 11.5 Å². The van der Waals surface area contributed by atoms with Gasteiger partial charge in [0, 0.05) is 6.08 Å². The summed E-state index contributed by atoms with van der Waals surface area (Å²) in [7, 11) is 1.40. The van der Waals surface area contributed by atoms with E-state index in [1.54, 1.807) is 6.07 Å². The van der Waals surface area contributed by atoms with Gasteiger partial charge in [-0.15, -0.1) is 0 Å². The van der Waals surface area contributed by atoms with Crippen LogP contribution in [-0.2, 0) is 14.3 Å². The van der Waals surface area contributed by atoms with Gasteiger partial charge in [0.05, 0.1) is 13.2 Å². The van der Waals surface area contributed by atoms with E-state index in [-0.39, 0.29) is 11.5 Å². The second-order valence-corrected chi connectivity index (χ2v) is 5.38. The molecule has 1 aliphatic heterocycles. The highest BCUT2D eigenvalue weighted by Gasteiger charge is 2.44. The Morgan fingerprint density at radius 3 is 2.62 bits per heavy atom. The zero-order valence-corrected chi connectivity index (χ0v) is 13.2. The minimum atomic E-state index is -1.55. The van der Waals surface area contributed by atoms with Crippen LogP contribution >= 0.6 is 0 Å². The van der Waals surface area contributed by atoms with Crippen LogP contribution in [0.15, 0.2) is 24.3 Å². The van der Waals surface area contributed by atoms with Gasteiger partial charge in [0.25, 0.3) is 0 Å². The Balaban J connectivity index is 2.04. The fourth-order valence-electron chi connectivity index (χ4n) is 2.29. The van der Waals surface area contributed by atoms with E-state index in [0.29, 0.717) is 5.56 Å². The van der Waals surface area contributed by atoms with Crippen molar-refractivity contribution in [3.05, 3.63) is 29.8 Å². The van der Waals surface area contributed by atoms with E-state index in [1.807, 2.05) is 0 Å². The molecule has 1 fully saturated rings. The molecule has 8 nitrogen and oxygen atoms in total. The fourth-order valence-corrected chi connectivity index (χ4v) is 2.29. The average molecular weight is 340 g/mol. The molecule has 0 aliphatic carbocycles. The molecule has 2 rings (SSSR count). The first kappa shape index (κ1) is 18.2. The first-order chi connectivity index (χ1) is 11.3. The lowest BCUT2D eigenvalue weighted by Crippen LogP contribution is -2.58. The van der Waals surface area contributed by atoms with Crippen molar-refractivity contribution in [1.29, 1.82) is 0 Å². The Bertz CT molecular complexity index is 600. The van der Waals surface area contributed by atoms with Crippen LogP contribution in [-0.4, -0.2) is 64.2 Å². The van der Waals surface area contributed by atoms with Gasteiger partial charge in [-0.05, 0) is 30.7 Å². The van der Waals surface area contributed by atoms with E-state index in [1.165, 1.54) is 32.2 Å². The van der Waals surface area contributed by atoms with E-state index in [0.717, 1.165) is 6.08 Å². The third-order valence-electron chi connectivity index (χ3n) is 3.67. The maximum Gasteiger partial charge on any atom is 0.331 e. The minimum absolute atomic E-state index is 0.0337. The van der Waals surface area contributed by atoms with E-state index in [4.69, 9.17) is 14.2 Å². The molecular formula is C16H20O8. The van der Waals surface area contributed by atoms with Crippen LogP contribution in [0.3, 0.4) is 0 Å². The van der Waals surface area contributed by atoms with Crippen LogP contribution in [0.25, 0.3) is 6.08 Å². The van der Waals surface area contributed by atoms with Gasteiger partial charge in [-0.1, -0.05) is 6.07 Å². The lowest BCUT2D eigenvalue weighted by atomic mass is 10.00. The van der Waals surface area contributed by atoms with Gasteiger partial charge < -0.3 is 34.6 Å². The summed E-state index contributed by atoms with van der Waals surface area (Å²) in [6, 6.07) is 4.49. The summed E-state index contributed by atoms with van der Waals surface area (Å²) in [5.41, 5.74) is 0.572. The highest BCUT2D eigenvalue weighted by Crippen LogP contribution is 2.27. The number of methoxy groups -OCH3 is 1. The Kier molecular flexibility index (Phi) is 5.79. The molecule has 132 valence electrons. The molecule has 1 aromatic carbocycles. The lowest BCUT2D eigenvalue weighted by molar-refractivity contribution is -0.280. The first-order valence-corrected chi connectivity index (χ1v) is 7.29. The molecule has 1 saturated heterocycles. The molecule has 8 heteroatoms. The quantitative estimate of drug-likeness (QED) is 0.438. The molecular weight excluding hydrogens is 320 g/mol. The van der Waals surface area contributed by atoms with Crippen molar-refractivity contribution in [2.75, 3.05) is 7.11 Å². The van der Waals surface area contributed by atoms with Gasteiger partial charge in [-0.2, -0.15) is 0 Å².